The van der Waals surface area contributed by atoms with Gasteiger partial charge >= 0.3 is 0 Å². The summed E-state index contributed by atoms with van der Waals surface area (Å²) < 4.78 is 4.61. The molecule has 150 valence electrons. The predicted molar refractivity (Wildman–Crippen MR) is 128 cm³/mol. The normalized spacial score (nSPS) is 11.2. The summed E-state index contributed by atoms with van der Waals surface area (Å²) >= 11 is 0. The van der Waals surface area contributed by atoms with Crippen molar-refractivity contribution in [3.63, 3.8) is 0 Å². The van der Waals surface area contributed by atoms with E-state index in [0.29, 0.717) is 0 Å². The van der Waals surface area contributed by atoms with E-state index in [1.54, 1.807) is 0 Å². The van der Waals surface area contributed by atoms with E-state index in [1.165, 1.54) is 38.1 Å². The molecule has 0 unspecified atom stereocenters. The number of aromatic nitrogens is 2. The van der Waals surface area contributed by atoms with Crippen LogP contribution in [0.4, 0.5) is 0 Å². The topological polar surface area (TPSA) is 9.86 Å². The van der Waals surface area contributed by atoms with Gasteiger partial charge in [-0.15, -0.1) is 0 Å². The first kappa shape index (κ1) is 21.8. The number of hydrogen-bond acceptors (Lipinski definition) is 0. The van der Waals surface area contributed by atoms with Crippen molar-refractivity contribution in [1.29, 1.82) is 0 Å². The molecule has 0 spiro atoms. The van der Waals surface area contributed by atoms with Gasteiger partial charge in [-0.2, -0.15) is 0 Å². The van der Waals surface area contributed by atoms with Crippen LogP contribution < -0.4 is 5.48 Å². The fraction of sp³-hybridized carbons (Fsp3) is 0.385. The van der Waals surface area contributed by atoms with Crippen LogP contribution in [-0.2, 0) is 12.6 Å². The second-order valence-corrected chi connectivity index (χ2v) is 7.70. The molecule has 0 atom stereocenters. The van der Waals surface area contributed by atoms with Gasteiger partial charge in [-0.25, -0.2) is 0 Å². The summed E-state index contributed by atoms with van der Waals surface area (Å²) in [6.07, 6.45) is 0. The molecule has 2 heteroatoms. The Kier molecular flexibility index (Phi) is 6.44. The molecule has 0 aliphatic heterocycles. The van der Waals surface area contributed by atoms with E-state index in [1.807, 2.05) is 27.7 Å². The highest BCUT2D eigenvalue weighted by Crippen LogP contribution is 2.37. The zero-order valence-corrected chi connectivity index (χ0v) is 19.1. The van der Waals surface area contributed by atoms with Crippen LogP contribution in [0.3, 0.4) is 0 Å². The Morgan fingerprint density at radius 1 is 0.786 bits per heavy atom. The van der Waals surface area contributed by atoms with Gasteiger partial charge < -0.3 is 9.13 Å². The molecule has 0 radical (unpaired) electrons. The first-order valence-electron chi connectivity index (χ1n) is 10.5. The predicted octanol–water partition coefficient (Wildman–Crippen LogP) is 7.09. The van der Waals surface area contributed by atoms with Crippen molar-refractivity contribution in [1.82, 2.24) is 9.13 Å². The van der Waals surface area contributed by atoms with Crippen molar-refractivity contribution >= 4 is 39.2 Å². The Bertz CT molecular complexity index is 1160. The summed E-state index contributed by atoms with van der Waals surface area (Å²) in [5, 5.41) is 5.30. The molecule has 0 aliphatic rings. The molecule has 0 N–H and O–H groups in total. The van der Waals surface area contributed by atoms with Gasteiger partial charge in [0.2, 0.25) is 0 Å². The number of benzene rings is 3. The molecule has 28 heavy (non-hydrogen) atoms. The van der Waals surface area contributed by atoms with Gasteiger partial charge in [0.25, 0.3) is 0 Å². The maximum absolute atomic E-state index is 4.40. The lowest BCUT2D eigenvalue weighted by Crippen LogP contribution is -2.39. The molecule has 0 aliphatic carbocycles. The summed E-state index contributed by atoms with van der Waals surface area (Å²) in [6.45, 7) is 21.4. The molecule has 0 fully saturated rings. The summed E-state index contributed by atoms with van der Waals surface area (Å²) in [7, 11) is 2.11. The van der Waals surface area contributed by atoms with Crippen molar-refractivity contribution < 1.29 is 0 Å². The number of hydrogen-bond donors (Lipinski definition) is 0. The van der Waals surface area contributed by atoms with Crippen LogP contribution in [0, 0.1) is 6.92 Å². The zero-order chi connectivity index (χ0) is 21.2. The van der Waals surface area contributed by atoms with Crippen LogP contribution in [-0.4, -0.2) is 9.13 Å². The molecular formula is C26H36N2. The lowest BCUT2D eigenvalue weighted by atomic mass is 9.94. The highest BCUT2D eigenvalue weighted by Gasteiger charge is 2.21. The van der Waals surface area contributed by atoms with Gasteiger partial charge in [-0.3, -0.25) is 0 Å². The maximum atomic E-state index is 4.40. The maximum Gasteiger partial charge on any atom is 0.106 e. The van der Waals surface area contributed by atoms with Crippen molar-refractivity contribution in [3.8, 4) is 0 Å². The van der Waals surface area contributed by atoms with E-state index < -0.39 is 0 Å². The van der Waals surface area contributed by atoms with E-state index in [0.717, 1.165) is 5.48 Å². The molecule has 0 bridgehead atoms. The number of rotatable bonds is 0. The van der Waals surface area contributed by atoms with Crippen molar-refractivity contribution in [2.75, 3.05) is 0 Å². The summed E-state index contributed by atoms with van der Waals surface area (Å²) in [6, 6.07) is 15.3. The smallest absolute Gasteiger partial charge is 0.106 e. The molecule has 1 heterocycles. The molecular weight excluding hydrogens is 340 g/mol. The van der Waals surface area contributed by atoms with E-state index in [4.69, 9.17) is 0 Å². The molecule has 4 rings (SSSR count). The quantitative estimate of drug-likeness (QED) is 0.229. The van der Waals surface area contributed by atoms with Crippen LogP contribution in [0.5, 0.6) is 0 Å². The first-order chi connectivity index (χ1) is 13.3. The molecule has 4 aromatic rings. The SMILES string of the molecule is C=c1n(C)c2cccc3c4ccccc4c(C)c(c32)n1C(C)(C)C.CC.CC. The van der Waals surface area contributed by atoms with Crippen LogP contribution >= 0.6 is 0 Å². The van der Waals surface area contributed by atoms with Gasteiger partial charge in [-0.05, 0) is 55.5 Å². The third-order valence-electron chi connectivity index (χ3n) is 5.16. The van der Waals surface area contributed by atoms with Crippen LogP contribution in [0.15, 0.2) is 42.5 Å². The van der Waals surface area contributed by atoms with Crippen molar-refractivity contribution in [2.45, 2.75) is 60.9 Å². The Balaban J connectivity index is 0.000000660. The third kappa shape index (κ3) is 3.26. The van der Waals surface area contributed by atoms with Crippen LogP contribution in [0.1, 0.15) is 54.0 Å². The summed E-state index contributed by atoms with van der Waals surface area (Å²) in [5.41, 5.74) is 4.85. The highest BCUT2D eigenvalue weighted by atomic mass is 15.1. The second kappa shape index (κ2) is 8.26. The molecule has 0 saturated carbocycles. The minimum Gasteiger partial charge on any atom is -0.331 e. The average molecular weight is 377 g/mol. The van der Waals surface area contributed by atoms with Crippen molar-refractivity contribution in [3.05, 3.63) is 53.5 Å². The van der Waals surface area contributed by atoms with Gasteiger partial charge in [0.1, 0.15) is 5.48 Å². The number of nitrogens with zero attached hydrogens (tertiary/aromatic N) is 2. The number of fused-ring (bicyclic) bond motifs is 2. The van der Waals surface area contributed by atoms with Crippen molar-refractivity contribution in [2.24, 2.45) is 7.05 Å². The Hall–Kier alpha value is -2.48. The lowest BCUT2D eigenvalue weighted by Gasteiger charge is -2.30. The minimum absolute atomic E-state index is 0.0426. The van der Waals surface area contributed by atoms with E-state index >= 15 is 0 Å². The molecule has 0 amide bonds. The Labute approximate surface area is 170 Å². The summed E-state index contributed by atoms with van der Waals surface area (Å²) in [5.74, 6) is 0. The molecule has 3 aromatic carbocycles. The fourth-order valence-electron chi connectivity index (χ4n) is 4.07. The molecule has 1 aromatic heterocycles. The fourth-order valence-corrected chi connectivity index (χ4v) is 4.07. The number of aryl methyl sites for hydroxylation is 2. The monoisotopic (exact) mass is 376 g/mol. The highest BCUT2D eigenvalue weighted by molar-refractivity contribution is 6.21. The van der Waals surface area contributed by atoms with Gasteiger partial charge in [0.05, 0.1) is 11.0 Å². The van der Waals surface area contributed by atoms with Gasteiger partial charge in [0.15, 0.2) is 0 Å². The van der Waals surface area contributed by atoms with Crippen LogP contribution in [0.2, 0.25) is 0 Å². The third-order valence-corrected chi connectivity index (χ3v) is 5.16. The minimum atomic E-state index is -0.0426. The van der Waals surface area contributed by atoms with Gasteiger partial charge in [0, 0.05) is 18.0 Å². The first-order valence-corrected chi connectivity index (χ1v) is 10.5. The standard InChI is InChI=1S/C22H24N2.2C2H6/c1-14-16-10-7-8-11-17(16)18-12-9-13-19-20(18)21(14)24(22(3,4)5)15(2)23(19)6;2*1-2/h7-13H,2H2,1,3-6H3;2*1-2H3. The Morgan fingerprint density at radius 2 is 1.32 bits per heavy atom. The Morgan fingerprint density at radius 3 is 1.89 bits per heavy atom. The molecule has 0 saturated heterocycles. The molecule has 2 nitrogen and oxygen atoms in total. The second-order valence-electron chi connectivity index (χ2n) is 7.70. The van der Waals surface area contributed by atoms with E-state index in [2.05, 4.69) is 92.9 Å². The van der Waals surface area contributed by atoms with Crippen LogP contribution in [0.25, 0.3) is 39.2 Å². The zero-order valence-electron chi connectivity index (χ0n) is 19.1. The lowest BCUT2D eigenvalue weighted by molar-refractivity contribution is 0.387. The average Bonchev–Trinajstić information content (AvgIpc) is 2.71. The van der Waals surface area contributed by atoms with E-state index in [9.17, 15) is 0 Å². The summed E-state index contributed by atoms with van der Waals surface area (Å²) in [4.78, 5) is 0. The van der Waals surface area contributed by atoms with E-state index in [-0.39, 0.29) is 5.54 Å². The largest absolute Gasteiger partial charge is 0.331 e. The van der Waals surface area contributed by atoms with Gasteiger partial charge in [-0.1, -0.05) is 70.7 Å².